The summed E-state index contributed by atoms with van der Waals surface area (Å²) in [7, 11) is 0. The molecular formula is C11H22N2O. The summed E-state index contributed by atoms with van der Waals surface area (Å²) in [6.07, 6.45) is 4.85. The van der Waals surface area contributed by atoms with E-state index in [0.29, 0.717) is 11.5 Å². The smallest absolute Gasteiger partial charge is 0.0639 e. The van der Waals surface area contributed by atoms with Gasteiger partial charge in [0.25, 0.3) is 0 Å². The minimum Gasteiger partial charge on any atom is -0.392 e. The number of hydrogen-bond acceptors (Lipinski definition) is 3. The molecule has 0 amide bonds. The van der Waals surface area contributed by atoms with Gasteiger partial charge in [0.1, 0.15) is 0 Å². The fourth-order valence-corrected chi connectivity index (χ4v) is 3.04. The first-order valence-electron chi connectivity index (χ1n) is 5.76. The van der Waals surface area contributed by atoms with E-state index >= 15 is 0 Å². The van der Waals surface area contributed by atoms with Crippen LogP contribution in [0.3, 0.4) is 0 Å². The number of piperidine rings is 1. The van der Waals surface area contributed by atoms with Crippen molar-refractivity contribution in [3.8, 4) is 0 Å². The molecule has 1 atom stereocenters. The molecule has 0 aromatic rings. The molecule has 0 bridgehead atoms. The average molecular weight is 198 g/mol. The second kappa shape index (κ2) is 3.80. The number of nitrogens with zero attached hydrogens (tertiary/aromatic N) is 1. The van der Waals surface area contributed by atoms with Gasteiger partial charge in [-0.1, -0.05) is 0 Å². The van der Waals surface area contributed by atoms with Crippen molar-refractivity contribution in [1.29, 1.82) is 0 Å². The molecule has 3 heteroatoms. The molecule has 1 saturated carbocycles. The molecule has 1 spiro atoms. The quantitative estimate of drug-likeness (QED) is 0.682. The normalized spacial score (nSPS) is 30.2. The molecular weight excluding hydrogens is 176 g/mol. The number of hydrogen-bond donors (Lipinski definition) is 2. The Bertz CT molecular complexity index is 189. The molecule has 1 aliphatic heterocycles. The Morgan fingerprint density at radius 2 is 2.00 bits per heavy atom. The average Bonchev–Trinajstić information content (AvgIpc) is 2.05. The van der Waals surface area contributed by atoms with Crippen LogP contribution in [-0.4, -0.2) is 41.8 Å². The summed E-state index contributed by atoms with van der Waals surface area (Å²) in [6.45, 7) is 5.00. The molecule has 1 heterocycles. The van der Waals surface area contributed by atoms with Crippen LogP contribution in [0.1, 0.15) is 32.6 Å². The third-order valence-corrected chi connectivity index (χ3v) is 3.83. The van der Waals surface area contributed by atoms with E-state index in [1.807, 2.05) is 6.92 Å². The SMILES string of the molecule is C[C@@H](O)CN1CCC2(CC1)CC(N)C2. The molecule has 2 aliphatic rings. The van der Waals surface area contributed by atoms with Crippen molar-refractivity contribution in [2.75, 3.05) is 19.6 Å². The highest BCUT2D eigenvalue weighted by Gasteiger charge is 2.44. The van der Waals surface area contributed by atoms with E-state index in [2.05, 4.69) is 4.90 Å². The third-order valence-electron chi connectivity index (χ3n) is 3.83. The Kier molecular flexibility index (Phi) is 2.82. The first-order valence-corrected chi connectivity index (χ1v) is 5.76. The number of aliphatic hydroxyl groups is 1. The fraction of sp³-hybridized carbons (Fsp3) is 1.00. The molecule has 2 rings (SSSR count). The summed E-state index contributed by atoms with van der Waals surface area (Å²) in [5.74, 6) is 0. The van der Waals surface area contributed by atoms with Crippen molar-refractivity contribution >= 4 is 0 Å². The number of nitrogens with two attached hydrogens (primary N) is 1. The van der Waals surface area contributed by atoms with Gasteiger partial charge in [0.05, 0.1) is 6.10 Å². The molecule has 14 heavy (non-hydrogen) atoms. The number of β-amino-alcohol motifs (C(OH)–C–C–N with tert-alkyl or cyclic N) is 1. The Labute approximate surface area is 86.3 Å². The Hall–Kier alpha value is -0.120. The van der Waals surface area contributed by atoms with E-state index in [9.17, 15) is 5.11 Å². The zero-order valence-electron chi connectivity index (χ0n) is 9.08. The van der Waals surface area contributed by atoms with Gasteiger partial charge in [-0.05, 0) is 51.1 Å². The summed E-state index contributed by atoms with van der Waals surface area (Å²) in [5, 5.41) is 9.29. The van der Waals surface area contributed by atoms with Crippen molar-refractivity contribution in [1.82, 2.24) is 4.90 Å². The molecule has 3 nitrogen and oxygen atoms in total. The summed E-state index contributed by atoms with van der Waals surface area (Å²) >= 11 is 0. The van der Waals surface area contributed by atoms with Crippen LogP contribution in [0.5, 0.6) is 0 Å². The van der Waals surface area contributed by atoms with E-state index in [4.69, 9.17) is 5.73 Å². The molecule has 82 valence electrons. The minimum absolute atomic E-state index is 0.187. The van der Waals surface area contributed by atoms with Gasteiger partial charge >= 0.3 is 0 Å². The monoisotopic (exact) mass is 198 g/mol. The van der Waals surface area contributed by atoms with Crippen molar-refractivity contribution in [2.45, 2.75) is 44.8 Å². The number of rotatable bonds is 2. The van der Waals surface area contributed by atoms with Crippen LogP contribution in [0.15, 0.2) is 0 Å². The van der Waals surface area contributed by atoms with Gasteiger partial charge in [-0.2, -0.15) is 0 Å². The van der Waals surface area contributed by atoms with Crippen LogP contribution in [0, 0.1) is 5.41 Å². The summed E-state index contributed by atoms with van der Waals surface area (Å²) in [4.78, 5) is 2.37. The minimum atomic E-state index is -0.187. The van der Waals surface area contributed by atoms with Gasteiger partial charge in [0.2, 0.25) is 0 Å². The van der Waals surface area contributed by atoms with Crippen LogP contribution >= 0.6 is 0 Å². The van der Waals surface area contributed by atoms with Gasteiger partial charge < -0.3 is 15.7 Å². The van der Waals surface area contributed by atoms with Crippen LogP contribution < -0.4 is 5.73 Å². The summed E-state index contributed by atoms with van der Waals surface area (Å²) in [5.41, 5.74) is 6.44. The maximum Gasteiger partial charge on any atom is 0.0639 e. The standard InChI is InChI=1S/C11H22N2O/c1-9(14)8-13-4-2-11(3-5-13)6-10(12)7-11/h9-10,14H,2-8,12H2,1H3/t9-/m1/s1. The van der Waals surface area contributed by atoms with E-state index in [0.717, 1.165) is 19.6 Å². The molecule has 1 saturated heterocycles. The largest absolute Gasteiger partial charge is 0.392 e. The van der Waals surface area contributed by atoms with Crippen molar-refractivity contribution < 1.29 is 5.11 Å². The first kappa shape index (κ1) is 10.4. The predicted molar refractivity (Wildman–Crippen MR) is 57.0 cm³/mol. The lowest BCUT2D eigenvalue weighted by Crippen LogP contribution is -2.52. The Morgan fingerprint density at radius 1 is 1.43 bits per heavy atom. The van der Waals surface area contributed by atoms with Crippen LogP contribution in [0.25, 0.3) is 0 Å². The molecule has 0 aromatic heterocycles. The Balaban J connectivity index is 1.75. The zero-order valence-corrected chi connectivity index (χ0v) is 9.08. The van der Waals surface area contributed by atoms with Gasteiger partial charge in [-0.25, -0.2) is 0 Å². The second-order valence-electron chi connectivity index (χ2n) is 5.32. The summed E-state index contributed by atoms with van der Waals surface area (Å²) < 4.78 is 0. The van der Waals surface area contributed by atoms with E-state index in [-0.39, 0.29) is 6.10 Å². The molecule has 0 radical (unpaired) electrons. The van der Waals surface area contributed by atoms with Gasteiger partial charge in [0.15, 0.2) is 0 Å². The van der Waals surface area contributed by atoms with Crippen molar-refractivity contribution in [2.24, 2.45) is 11.1 Å². The van der Waals surface area contributed by atoms with Crippen molar-refractivity contribution in [3.05, 3.63) is 0 Å². The van der Waals surface area contributed by atoms with Gasteiger partial charge in [0, 0.05) is 12.6 Å². The summed E-state index contributed by atoms with van der Waals surface area (Å²) in [6, 6.07) is 0.471. The van der Waals surface area contributed by atoms with E-state index < -0.39 is 0 Å². The first-order chi connectivity index (χ1) is 6.60. The highest BCUT2D eigenvalue weighted by Crippen LogP contribution is 2.48. The second-order valence-corrected chi connectivity index (χ2v) is 5.32. The topological polar surface area (TPSA) is 49.5 Å². The number of aliphatic hydroxyl groups excluding tert-OH is 1. The molecule has 3 N–H and O–H groups in total. The lowest BCUT2D eigenvalue weighted by molar-refractivity contribution is 0.00483. The number of likely N-dealkylation sites (tertiary alicyclic amines) is 1. The lowest BCUT2D eigenvalue weighted by atomic mass is 9.61. The maximum atomic E-state index is 9.29. The molecule has 0 aromatic carbocycles. The third kappa shape index (κ3) is 2.10. The lowest BCUT2D eigenvalue weighted by Gasteiger charge is -2.51. The van der Waals surface area contributed by atoms with Crippen LogP contribution in [-0.2, 0) is 0 Å². The molecule has 1 aliphatic carbocycles. The highest BCUT2D eigenvalue weighted by atomic mass is 16.3. The van der Waals surface area contributed by atoms with Crippen LogP contribution in [0.2, 0.25) is 0 Å². The van der Waals surface area contributed by atoms with E-state index in [1.165, 1.54) is 25.7 Å². The Morgan fingerprint density at radius 3 is 2.43 bits per heavy atom. The molecule has 2 fully saturated rings. The highest BCUT2D eigenvalue weighted by molar-refractivity contribution is 4.98. The van der Waals surface area contributed by atoms with Crippen LogP contribution in [0.4, 0.5) is 0 Å². The molecule has 0 unspecified atom stereocenters. The predicted octanol–water partition coefficient (Wildman–Crippen LogP) is 0.570. The fourth-order valence-electron chi connectivity index (χ4n) is 3.04. The van der Waals surface area contributed by atoms with Gasteiger partial charge in [-0.15, -0.1) is 0 Å². The zero-order chi connectivity index (χ0) is 10.2. The van der Waals surface area contributed by atoms with E-state index in [1.54, 1.807) is 0 Å². The van der Waals surface area contributed by atoms with Gasteiger partial charge in [-0.3, -0.25) is 0 Å². The van der Waals surface area contributed by atoms with Crippen molar-refractivity contribution in [3.63, 3.8) is 0 Å². The maximum absolute atomic E-state index is 9.29.